The van der Waals surface area contributed by atoms with Crippen molar-refractivity contribution in [3.05, 3.63) is 70.4 Å². The quantitative estimate of drug-likeness (QED) is 0.464. The summed E-state index contributed by atoms with van der Waals surface area (Å²) >= 11 is 1.62. The first kappa shape index (κ1) is 21.4. The summed E-state index contributed by atoms with van der Waals surface area (Å²) in [7, 11) is 0. The zero-order valence-electron chi connectivity index (χ0n) is 19.2. The third-order valence-corrected chi connectivity index (χ3v) is 8.22. The summed E-state index contributed by atoms with van der Waals surface area (Å²) < 4.78 is 1.79. The van der Waals surface area contributed by atoms with E-state index in [2.05, 4.69) is 32.4 Å². The van der Waals surface area contributed by atoms with Gasteiger partial charge in [-0.1, -0.05) is 24.3 Å². The van der Waals surface area contributed by atoms with Crippen molar-refractivity contribution in [1.29, 1.82) is 0 Å². The van der Waals surface area contributed by atoms with Crippen LogP contribution in [0, 0.1) is 13.8 Å². The predicted molar refractivity (Wildman–Crippen MR) is 130 cm³/mol. The van der Waals surface area contributed by atoms with E-state index in [1.165, 1.54) is 11.1 Å². The number of rotatable bonds is 2. The second-order valence-electron chi connectivity index (χ2n) is 9.30. The van der Waals surface area contributed by atoms with E-state index in [0.717, 1.165) is 34.1 Å². The molecular formula is C25H26N6O2S. The average molecular weight is 475 g/mol. The summed E-state index contributed by atoms with van der Waals surface area (Å²) in [6, 6.07) is 8.35. The number of carbonyl (C=O) groups is 1. The minimum atomic E-state index is -0.655. The van der Waals surface area contributed by atoms with E-state index >= 15 is 0 Å². The Balaban J connectivity index is 1.21. The zero-order chi connectivity index (χ0) is 23.4. The Hall–Kier alpha value is -3.14. The molecule has 174 valence electrons. The Kier molecular flexibility index (Phi) is 5.02. The highest BCUT2D eigenvalue weighted by atomic mass is 32.1. The molecule has 34 heavy (non-hydrogen) atoms. The number of benzene rings is 1. The number of likely N-dealkylation sites (tertiary alicyclic amines) is 1. The van der Waals surface area contributed by atoms with Crippen molar-refractivity contribution in [1.82, 2.24) is 29.6 Å². The van der Waals surface area contributed by atoms with Crippen LogP contribution in [0.3, 0.4) is 0 Å². The summed E-state index contributed by atoms with van der Waals surface area (Å²) in [5.41, 5.74) is 4.41. The number of aliphatic hydroxyl groups is 1. The van der Waals surface area contributed by atoms with Crippen LogP contribution in [-0.4, -0.2) is 60.0 Å². The Morgan fingerprint density at radius 1 is 1.21 bits per heavy atom. The molecule has 1 unspecified atom stereocenters. The summed E-state index contributed by atoms with van der Waals surface area (Å²) in [5, 5.41) is 15.7. The monoisotopic (exact) mass is 474 g/mol. The van der Waals surface area contributed by atoms with Gasteiger partial charge >= 0.3 is 0 Å². The van der Waals surface area contributed by atoms with E-state index in [4.69, 9.17) is 0 Å². The summed E-state index contributed by atoms with van der Waals surface area (Å²) in [4.78, 5) is 29.5. The van der Waals surface area contributed by atoms with Gasteiger partial charge < -0.3 is 15.3 Å². The number of hydrogen-bond donors (Lipinski definition) is 2. The standard InChI is InChI=1S/C25H26N6O2S/c1-15-22(34-16(2)28-15)19-10-26-24-29-20(13-31(24)12-19)23(33)30-8-7-25(21(32)14-30)9-17-5-3-4-6-18(17)11-27-25/h3-6,10,12-13,21,27,32H,7-9,11,14H2,1-2H3/t21?,25-/m0/s1. The van der Waals surface area contributed by atoms with Gasteiger partial charge in [-0.2, -0.15) is 0 Å². The van der Waals surface area contributed by atoms with Crippen molar-refractivity contribution >= 4 is 23.0 Å². The molecule has 0 radical (unpaired) electrons. The fraction of sp³-hybridized carbons (Fsp3) is 0.360. The summed E-state index contributed by atoms with van der Waals surface area (Å²) in [5.74, 6) is 0.299. The predicted octanol–water partition coefficient (Wildman–Crippen LogP) is 2.76. The van der Waals surface area contributed by atoms with Crippen molar-refractivity contribution < 1.29 is 9.90 Å². The molecule has 0 saturated carbocycles. The number of hydrogen-bond acceptors (Lipinski definition) is 7. The van der Waals surface area contributed by atoms with Crippen LogP contribution in [0.2, 0.25) is 0 Å². The minimum Gasteiger partial charge on any atom is -0.389 e. The van der Waals surface area contributed by atoms with E-state index in [1.54, 1.807) is 33.0 Å². The largest absolute Gasteiger partial charge is 0.389 e. The molecule has 2 aliphatic rings. The molecule has 4 aromatic rings. The lowest BCUT2D eigenvalue weighted by Crippen LogP contribution is -2.65. The van der Waals surface area contributed by atoms with Crippen LogP contribution < -0.4 is 5.32 Å². The van der Waals surface area contributed by atoms with Crippen LogP contribution in [-0.2, 0) is 13.0 Å². The van der Waals surface area contributed by atoms with Crippen LogP contribution >= 0.6 is 11.3 Å². The number of aromatic nitrogens is 4. The molecule has 6 rings (SSSR count). The third kappa shape index (κ3) is 3.51. The van der Waals surface area contributed by atoms with E-state index in [0.29, 0.717) is 24.4 Å². The second-order valence-corrected chi connectivity index (χ2v) is 10.5. The molecule has 2 N–H and O–H groups in total. The first-order chi connectivity index (χ1) is 16.4. The average Bonchev–Trinajstić information content (AvgIpc) is 3.42. The number of imidazole rings is 1. The number of nitrogens with zero attached hydrogens (tertiary/aromatic N) is 5. The lowest BCUT2D eigenvalue weighted by Gasteiger charge is -2.48. The van der Waals surface area contributed by atoms with Crippen molar-refractivity contribution in [3.8, 4) is 10.4 Å². The number of carbonyl (C=O) groups excluding carboxylic acids is 1. The molecule has 5 heterocycles. The molecule has 1 aromatic carbocycles. The van der Waals surface area contributed by atoms with E-state index < -0.39 is 11.6 Å². The highest BCUT2D eigenvalue weighted by Gasteiger charge is 2.45. The fourth-order valence-electron chi connectivity index (χ4n) is 5.21. The maximum Gasteiger partial charge on any atom is 0.274 e. The van der Waals surface area contributed by atoms with Gasteiger partial charge in [0.15, 0.2) is 0 Å². The van der Waals surface area contributed by atoms with Crippen LogP contribution in [0.15, 0.2) is 42.9 Å². The van der Waals surface area contributed by atoms with Gasteiger partial charge in [-0.15, -0.1) is 11.3 Å². The van der Waals surface area contributed by atoms with Crippen molar-refractivity contribution in [2.75, 3.05) is 13.1 Å². The van der Waals surface area contributed by atoms with Crippen molar-refractivity contribution in [3.63, 3.8) is 0 Å². The maximum absolute atomic E-state index is 13.3. The topological polar surface area (TPSA) is 95.7 Å². The summed E-state index contributed by atoms with van der Waals surface area (Å²) in [6.45, 7) is 5.55. The lowest BCUT2D eigenvalue weighted by molar-refractivity contribution is -0.0140. The highest BCUT2D eigenvalue weighted by Crippen LogP contribution is 2.33. The minimum absolute atomic E-state index is 0.179. The zero-order valence-corrected chi connectivity index (χ0v) is 20.0. The first-order valence-corrected chi connectivity index (χ1v) is 12.3. The van der Waals surface area contributed by atoms with E-state index in [9.17, 15) is 9.90 Å². The van der Waals surface area contributed by atoms with Gasteiger partial charge in [-0.3, -0.25) is 9.20 Å². The van der Waals surface area contributed by atoms with Crippen LogP contribution in [0.1, 0.15) is 38.7 Å². The van der Waals surface area contributed by atoms with Crippen LogP contribution in [0.4, 0.5) is 0 Å². The van der Waals surface area contributed by atoms with Gasteiger partial charge in [0.25, 0.3) is 5.91 Å². The first-order valence-electron chi connectivity index (χ1n) is 11.5. The molecule has 1 fully saturated rings. The Morgan fingerprint density at radius 2 is 2.03 bits per heavy atom. The molecular weight excluding hydrogens is 448 g/mol. The Morgan fingerprint density at radius 3 is 2.79 bits per heavy atom. The summed E-state index contributed by atoms with van der Waals surface area (Å²) in [6.07, 6.45) is 6.24. The van der Waals surface area contributed by atoms with Gasteiger partial charge in [0.2, 0.25) is 5.78 Å². The molecule has 0 aliphatic carbocycles. The lowest BCUT2D eigenvalue weighted by atomic mass is 9.76. The molecule has 1 amide bonds. The van der Waals surface area contributed by atoms with Gasteiger partial charge in [-0.05, 0) is 37.8 Å². The number of β-amino-alcohol motifs (C(OH)–C–C–N with tert-alkyl or cyclic N) is 1. The molecule has 8 nitrogen and oxygen atoms in total. The number of piperidine rings is 1. The van der Waals surface area contributed by atoms with Gasteiger partial charge in [0.1, 0.15) is 5.69 Å². The number of aryl methyl sites for hydroxylation is 2. The van der Waals surface area contributed by atoms with Gasteiger partial charge in [0.05, 0.1) is 27.2 Å². The molecule has 1 spiro atoms. The number of thiazole rings is 1. The number of fused-ring (bicyclic) bond motifs is 2. The van der Waals surface area contributed by atoms with Crippen LogP contribution in [0.5, 0.6) is 0 Å². The SMILES string of the molecule is Cc1nc(C)c(-c2cnc3nc(C(=O)N4CC[C@]5(Cc6ccccc6CN5)C(O)C4)cn3c2)s1. The molecule has 9 heteroatoms. The smallest absolute Gasteiger partial charge is 0.274 e. The molecule has 2 atom stereocenters. The normalized spacial score (nSPS) is 22.3. The number of amides is 1. The maximum atomic E-state index is 13.3. The third-order valence-electron chi connectivity index (χ3n) is 7.10. The van der Waals surface area contributed by atoms with Crippen molar-refractivity contribution in [2.45, 2.75) is 44.9 Å². The van der Waals surface area contributed by atoms with E-state index in [1.807, 2.05) is 32.2 Å². The van der Waals surface area contributed by atoms with Crippen LogP contribution in [0.25, 0.3) is 16.2 Å². The molecule has 1 saturated heterocycles. The van der Waals surface area contributed by atoms with Crippen molar-refractivity contribution in [2.24, 2.45) is 0 Å². The molecule has 0 bridgehead atoms. The highest BCUT2D eigenvalue weighted by molar-refractivity contribution is 7.15. The molecule has 2 aliphatic heterocycles. The van der Waals surface area contributed by atoms with Gasteiger partial charge in [-0.25, -0.2) is 15.0 Å². The van der Waals surface area contributed by atoms with E-state index in [-0.39, 0.29) is 12.5 Å². The Bertz CT molecular complexity index is 1410. The molecule has 3 aromatic heterocycles. The number of nitrogens with one attached hydrogen (secondary N) is 1. The van der Waals surface area contributed by atoms with Gasteiger partial charge in [0, 0.05) is 43.8 Å². The number of aliphatic hydroxyl groups excluding tert-OH is 1. The second kappa shape index (κ2) is 7.97. The Labute approximate surface area is 201 Å². The fourth-order valence-corrected chi connectivity index (χ4v) is 6.11.